The van der Waals surface area contributed by atoms with Crippen molar-refractivity contribution in [2.24, 2.45) is 0 Å². The topological polar surface area (TPSA) is 23.6 Å². The van der Waals surface area contributed by atoms with E-state index in [1.165, 1.54) is 0 Å². The van der Waals surface area contributed by atoms with E-state index in [0.717, 1.165) is 19.5 Å². The Morgan fingerprint density at radius 2 is 1.20 bits per heavy atom. The third-order valence-electron chi connectivity index (χ3n) is 2.47. The fraction of sp³-hybridized carbons (Fsp3) is 0.900. The van der Waals surface area contributed by atoms with Gasteiger partial charge >= 0.3 is 6.03 Å². The van der Waals surface area contributed by atoms with Crippen LogP contribution >= 0.6 is 20.4 Å². The van der Waals surface area contributed by atoms with E-state index in [1.54, 1.807) is 0 Å². The molecule has 15 heavy (non-hydrogen) atoms. The number of nitrogens with zero attached hydrogens (tertiary/aromatic N) is 2. The summed E-state index contributed by atoms with van der Waals surface area (Å²) in [6.07, 6.45) is 14.2. The summed E-state index contributed by atoms with van der Waals surface area (Å²) in [6.45, 7) is 1.87. The lowest BCUT2D eigenvalue weighted by atomic mass is 10.4. The smallest absolute Gasteiger partial charge is 0.287 e. The maximum absolute atomic E-state index is 12.3. The third kappa shape index (κ3) is 2.97. The van der Waals surface area contributed by atoms with Crippen molar-refractivity contribution in [1.29, 1.82) is 0 Å². The maximum Gasteiger partial charge on any atom is 0.337 e. The summed E-state index contributed by atoms with van der Waals surface area (Å²) in [5.74, 6) is 0. The van der Waals surface area contributed by atoms with Crippen LogP contribution in [0.15, 0.2) is 0 Å². The van der Waals surface area contributed by atoms with Gasteiger partial charge in [0, 0.05) is 13.1 Å². The highest BCUT2D eigenvalue weighted by molar-refractivity contribution is 8.31. The zero-order valence-electron chi connectivity index (χ0n) is 10.7. The Kier molecular flexibility index (Phi) is 3.55. The Hall–Kier alpha value is -0.0300. The Morgan fingerprint density at radius 3 is 1.47 bits per heavy atom. The lowest BCUT2D eigenvalue weighted by Gasteiger charge is -2.51. The monoisotopic (exact) mass is 252 g/mol. The largest absolute Gasteiger partial charge is 0.337 e. The van der Waals surface area contributed by atoms with Crippen LogP contribution in [0.25, 0.3) is 0 Å². The molecule has 0 spiro atoms. The second kappa shape index (κ2) is 4.09. The van der Waals surface area contributed by atoms with Crippen molar-refractivity contribution in [1.82, 2.24) is 8.61 Å². The van der Waals surface area contributed by atoms with Gasteiger partial charge in [-0.05, 0) is 44.0 Å². The molecule has 0 aromatic carbocycles. The number of hydrogen-bond donors (Lipinski definition) is 0. The number of rotatable bonds is 2. The van der Waals surface area contributed by atoms with E-state index in [0.29, 0.717) is 0 Å². The van der Waals surface area contributed by atoms with Gasteiger partial charge in [0.2, 0.25) is 0 Å². The van der Waals surface area contributed by atoms with E-state index in [1.807, 2.05) is 0 Å². The van der Waals surface area contributed by atoms with E-state index >= 15 is 0 Å². The summed E-state index contributed by atoms with van der Waals surface area (Å²) in [4.78, 5) is 12.3. The highest BCUT2D eigenvalue weighted by Crippen LogP contribution is 2.48. The lowest BCUT2D eigenvalue weighted by molar-refractivity contribution is 0.196. The minimum absolute atomic E-state index is 0.256. The Morgan fingerprint density at radius 1 is 0.867 bits per heavy atom. The van der Waals surface area contributed by atoms with Crippen LogP contribution in [-0.2, 0) is 0 Å². The first kappa shape index (κ1) is 13.0. The molecule has 0 saturated carbocycles. The molecular weight excluding hydrogens is 228 g/mol. The summed E-state index contributed by atoms with van der Waals surface area (Å²) >= 11 is 0. The van der Waals surface area contributed by atoms with Gasteiger partial charge in [-0.15, -0.1) is 0 Å². The second-order valence-corrected chi connectivity index (χ2v) is 13.4. The van der Waals surface area contributed by atoms with Gasteiger partial charge in [0.15, 0.2) is 0 Å². The average molecular weight is 252 g/mol. The summed E-state index contributed by atoms with van der Waals surface area (Å²) in [5.41, 5.74) is 0. The van der Waals surface area contributed by atoms with Crippen LogP contribution in [-0.4, -0.2) is 65.3 Å². The van der Waals surface area contributed by atoms with E-state index in [4.69, 9.17) is 0 Å². The van der Waals surface area contributed by atoms with Gasteiger partial charge < -0.3 is 0 Å². The van der Waals surface area contributed by atoms with Crippen LogP contribution < -0.4 is 0 Å². The Balaban J connectivity index is 2.86. The number of hydrogen-bond acceptors (Lipinski definition) is 1. The van der Waals surface area contributed by atoms with Gasteiger partial charge in [0.25, 0.3) is 0 Å². The summed E-state index contributed by atoms with van der Waals surface area (Å²) in [7, 11) is -1.83. The summed E-state index contributed by atoms with van der Waals surface area (Å²) in [6, 6.07) is 0.256. The predicted molar refractivity (Wildman–Crippen MR) is 74.2 cm³/mol. The van der Waals surface area contributed by atoms with Gasteiger partial charge in [-0.2, -0.15) is 20.4 Å². The normalized spacial score (nSPS) is 21.9. The molecule has 92 valence electrons. The van der Waals surface area contributed by atoms with E-state index < -0.39 is 20.4 Å². The van der Waals surface area contributed by atoms with Crippen molar-refractivity contribution in [2.45, 2.75) is 6.42 Å². The van der Waals surface area contributed by atoms with Gasteiger partial charge in [-0.1, -0.05) is 0 Å². The average Bonchev–Trinajstić information content (AvgIpc) is 1.99. The van der Waals surface area contributed by atoms with E-state index in [9.17, 15) is 4.79 Å². The van der Waals surface area contributed by atoms with E-state index in [-0.39, 0.29) is 6.03 Å². The molecule has 0 aromatic rings. The molecule has 1 aliphatic rings. The van der Waals surface area contributed by atoms with Gasteiger partial charge in [0.05, 0.1) is 0 Å². The predicted octanol–water partition coefficient (Wildman–Crippen LogP) is 2.33. The fourth-order valence-corrected chi connectivity index (χ4v) is 4.23. The molecule has 0 unspecified atom stereocenters. The summed E-state index contributed by atoms with van der Waals surface area (Å²) < 4.78 is 4.16. The molecule has 1 fully saturated rings. The van der Waals surface area contributed by atoms with Crippen molar-refractivity contribution >= 4 is 26.5 Å². The highest BCUT2D eigenvalue weighted by atomic mass is 32.3. The number of urea groups is 1. The molecule has 0 bridgehead atoms. The molecule has 5 heteroatoms. The van der Waals surface area contributed by atoms with Crippen molar-refractivity contribution in [3.05, 3.63) is 0 Å². The molecule has 3 nitrogen and oxygen atoms in total. The summed E-state index contributed by atoms with van der Waals surface area (Å²) in [5, 5.41) is 0. The Bertz CT molecular complexity index is 231. The first-order valence-electron chi connectivity index (χ1n) is 5.10. The molecule has 0 aliphatic carbocycles. The van der Waals surface area contributed by atoms with E-state index in [2.05, 4.69) is 46.1 Å². The molecule has 1 heterocycles. The van der Waals surface area contributed by atoms with Crippen molar-refractivity contribution in [3.63, 3.8) is 0 Å². The van der Waals surface area contributed by atoms with Crippen molar-refractivity contribution < 1.29 is 4.79 Å². The van der Waals surface area contributed by atoms with Gasteiger partial charge in [-0.25, -0.2) is 4.79 Å². The maximum atomic E-state index is 12.3. The highest BCUT2D eigenvalue weighted by Gasteiger charge is 2.34. The minimum Gasteiger partial charge on any atom is -0.287 e. The zero-order chi connectivity index (χ0) is 11.9. The Labute approximate surface area is 97.1 Å². The molecule has 0 atom stereocenters. The van der Waals surface area contributed by atoms with Crippen LogP contribution in [0.4, 0.5) is 4.79 Å². The second-order valence-electron chi connectivity index (χ2n) is 5.39. The molecule has 1 aliphatic heterocycles. The van der Waals surface area contributed by atoms with Crippen molar-refractivity contribution in [3.8, 4) is 0 Å². The molecular formula is C10H24N2OS2. The van der Waals surface area contributed by atoms with Crippen molar-refractivity contribution in [2.75, 3.05) is 50.6 Å². The van der Waals surface area contributed by atoms with Crippen LogP contribution in [0.5, 0.6) is 0 Å². The molecule has 0 radical (unpaired) electrons. The van der Waals surface area contributed by atoms with Crippen LogP contribution in [0.1, 0.15) is 6.42 Å². The standard InChI is InChI=1S/C10H24N2OS2/c1-14(2,3)11-8-7-9-12(10(11)13)15(4,5)6/h7-9H2,1-6H3. The minimum atomic E-state index is -0.913. The molecule has 1 saturated heterocycles. The van der Waals surface area contributed by atoms with Gasteiger partial charge in [-0.3, -0.25) is 8.61 Å². The molecule has 0 aromatic heterocycles. The van der Waals surface area contributed by atoms with Gasteiger partial charge in [0.1, 0.15) is 0 Å². The quantitative estimate of drug-likeness (QED) is 0.740. The number of amides is 2. The lowest BCUT2D eigenvalue weighted by Crippen LogP contribution is -2.49. The first-order valence-corrected chi connectivity index (χ1v) is 10.7. The zero-order valence-corrected chi connectivity index (χ0v) is 12.4. The molecule has 1 rings (SSSR count). The third-order valence-corrected chi connectivity index (χ3v) is 5.79. The first-order chi connectivity index (χ1) is 6.64. The van der Waals surface area contributed by atoms with Crippen LogP contribution in [0, 0.1) is 0 Å². The SMILES string of the molecule is CS(C)(C)N1CCCN(S(C)(C)C)C1=O. The number of carbonyl (C=O) groups is 1. The molecule has 0 N–H and O–H groups in total. The number of carbonyl (C=O) groups excluding carboxylic acids is 1. The van der Waals surface area contributed by atoms with Crippen LogP contribution in [0.2, 0.25) is 0 Å². The van der Waals surface area contributed by atoms with Crippen LogP contribution in [0.3, 0.4) is 0 Å². The molecule has 2 amide bonds. The fourth-order valence-electron chi connectivity index (χ4n) is 1.69.